The van der Waals surface area contributed by atoms with E-state index in [1.807, 2.05) is 38.1 Å². The second kappa shape index (κ2) is 4.75. The normalized spacial score (nSPS) is 10.3. The van der Waals surface area contributed by atoms with Crippen LogP contribution in [0.1, 0.15) is 11.1 Å². The molecule has 0 saturated heterocycles. The van der Waals surface area contributed by atoms with E-state index >= 15 is 0 Å². The summed E-state index contributed by atoms with van der Waals surface area (Å²) < 4.78 is 6.68. The maximum absolute atomic E-state index is 5.88. The van der Waals surface area contributed by atoms with Crippen LogP contribution < -0.4 is 10.5 Å². The average molecular weight is 293 g/mol. The molecular weight excluding hydrogens is 280 g/mol. The molecule has 0 atom stereocenters. The van der Waals surface area contributed by atoms with E-state index in [1.165, 1.54) is 0 Å². The maximum Gasteiger partial charge on any atom is 0.219 e. The third-order valence-corrected chi connectivity index (χ3v) is 3.30. The number of benzene rings is 1. The molecule has 0 fully saturated rings. The highest BCUT2D eigenvalue weighted by atomic mass is 79.9. The summed E-state index contributed by atoms with van der Waals surface area (Å²) >= 11 is 3.40. The van der Waals surface area contributed by atoms with Crippen molar-refractivity contribution in [2.24, 2.45) is 0 Å². The summed E-state index contributed by atoms with van der Waals surface area (Å²) in [6.45, 7) is 3.94. The summed E-state index contributed by atoms with van der Waals surface area (Å²) in [6, 6.07) is 7.54. The predicted molar refractivity (Wildman–Crippen MR) is 72.3 cm³/mol. The Morgan fingerprint density at radius 3 is 2.65 bits per heavy atom. The molecule has 2 rings (SSSR count). The molecule has 2 N–H and O–H groups in total. The minimum Gasteiger partial charge on any atom is -0.437 e. The molecule has 1 aromatic carbocycles. The van der Waals surface area contributed by atoms with Crippen molar-refractivity contribution >= 4 is 21.6 Å². The Labute approximate surface area is 109 Å². The molecular formula is C13H13BrN2O. The fraction of sp³-hybridized carbons (Fsp3) is 0.154. The number of nitrogens with two attached hydrogens (primary N) is 1. The Bertz CT molecular complexity index is 535. The van der Waals surface area contributed by atoms with Gasteiger partial charge in [0.2, 0.25) is 5.88 Å². The topological polar surface area (TPSA) is 48.1 Å². The zero-order valence-electron chi connectivity index (χ0n) is 9.70. The molecule has 0 saturated carbocycles. The summed E-state index contributed by atoms with van der Waals surface area (Å²) in [5.41, 5.74) is 8.56. The standard InChI is InChI=1S/C13H13BrN2O/c1-8-4-3-5-11(15)13(8)17-12-6-9(2)10(14)7-16-12/h3-7H,15H2,1-2H3. The molecule has 3 nitrogen and oxygen atoms in total. The largest absolute Gasteiger partial charge is 0.437 e. The Balaban J connectivity index is 2.35. The van der Waals surface area contributed by atoms with Crippen molar-refractivity contribution in [2.45, 2.75) is 13.8 Å². The molecule has 0 aliphatic heterocycles. The van der Waals surface area contributed by atoms with Gasteiger partial charge in [-0.2, -0.15) is 0 Å². The van der Waals surface area contributed by atoms with E-state index in [4.69, 9.17) is 10.5 Å². The van der Waals surface area contributed by atoms with Crippen LogP contribution in [-0.2, 0) is 0 Å². The quantitative estimate of drug-likeness (QED) is 0.856. The third-order valence-electron chi connectivity index (χ3n) is 2.47. The first-order valence-electron chi connectivity index (χ1n) is 5.23. The SMILES string of the molecule is Cc1cc(Oc2c(C)cccc2N)ncc1Br. The van der Waals surface area contributed by atoms with Crippen LogP contribution in [0.4, 0.5) is 5.69 Å². The molecule has 2 aromatic rings. The summed E-state index contributed by atoms with van der Waals surface area (Å²) in [5, 5.41) is 0. The van der Waals surface area contributed by atoms with Crippen LogP contribution in [0.2, 0.25) is 0 Å². The van der Waals surface area contributed by atoms with Crippen LogP contribution in [0, 0.1) is 13.8 Å². The van der Waals surface area contributed by atoms with Crippen LogP contribution in [0.25, 0.3) is 0 Å². The van der Waals surface area contributed by atoms with Crippen LogP contribution in [0.15, 0.2) is 34.9 Å². The number of pyridine rings is 1. The molecule has 0 spiro atoms. The molecule has 88 valence electrons. The third kappa shape index (κ3) is 2.58. The number of hydrogen-bond donors (Lipinski definition) is 1. The van der Waals surface area contributed by atoms with E-state index < -0.39 is 0 Å². The van der Waals surface area contributed by atoms with Gasteiger partial charge in [-0.3, -0.25) is 0 Å². The van der Waals surface area contributed by atoms with E-state index in [9.17, 15) is 0 Å². The van der Waals surface area contributed by atoms with Gasteiger partial charge in [0.1, 0.15) is 0 Å². The highest BCUT2D eigenvalue weighted by Crippen LogP contribution is 2.30. The number of nitrogen functional groups attached to an aromatic ring is 1. The predicted octanol–water partition coefficient (Wildman–Crippen LogP) is 3.84. The van der Waals surface area contributed by atoms with Crippen molar-refractivity contribution in [3.05, 3.63) is 46.1 Å². The highest BCUT2D eigenvalue weighted by molar-refractivity contribution is 9.10. The number of aryl methyl sites for hydroxylation is 2. The smallest absolute Gasteiger partial charge is 0.219 e. The van der Waals surface area contributed by atoms with Gasteiger partial charge in [0.25, 0.3) is 0 Å². The maximum atomic E-state index is 5.88. The molecule has 1 aromatic heterocycles. The first-order valence-corrected chi connectivity index (χ1v) is 6.02. The zero-order chi connectivity index (χ0) is 12.4. The van der Waals surface area contributed by atoms with E-state index in [0.717, 1.165) is 15.6 Å². The lowest BCUT2D eigenvalue weighted by Crippen LogP contribution is -1.96. The molecule has 17 heavy (non-hydrogen) atoms. The van der Waals surface area contributed by atoms with Gasteiger partial charge >= 0.3 is 0 Å². The lowest BCUT2D eigenvalue weighted by Gasteiger charge is -2.10. The monoisotopic (exact) mass is 292 g/mol. The molecule has 0 aliphatic carbocycles. The molecule has 0 radical (unpaired) electrons. The Kier molecular flexibility index (Phi) is 3.33. The van der Waals surface area contributed by atoms with Crippen molar-refractivity contribution in [1.82, 2.24) is 4.98 Å². The van der Waals surface area contributed by atoms with Gasteiger partial charge in [0.15, 0.2) is 5.75 Å². The van der Waals surface area contributed by atoms with Crippen molar-refractivity contribution in [2.75, 3.05) is 5.73 Å². The number of aromatic nitrogens is 1. The van der Waals surface area contributed by atoms with Gasteiger partial charge in [-0.1, -0.05) is 12.1 Å². The van der Waals surface area contributed by atoms with Gasteiger partial charge < -0.3 is 10.5 Å². The van der Waals surface area contributed by atoms with Crippen LogP contribution in [-0.4, -0.2) is 4.98 Å². The highest BCUT2D eigenvalue weighted by Gasteiger charge is 2.07. The lowest BCUT2D eigenvalue weighted by atomic mass is 10.2. The number of anilines is 1. The van der Waals surface area contributed by atoms with Crippen molar-refractivity contribution in [1.29, 1.82) is 0 Å². The molecule has 0 amide bonds. The number of para-hydroxylation sites is 1. The minimum absolute atomic E-state index is 0.548. The van der Waals surface area contributed by atoms with Crippen LogP contribution in [0.3, 0.4) is 0 Å². The minimum atomic E-state index is 0.548. The summed E-state index contributed by atoms with van der Waals surface area (Å²) in [4.78, 5) is 4.19. The number of ether oxygens (including phenoxy) is 1. The molecule has 0 aliphatic rings. The average Bonchev–Trinajstić information content (AvgIpc) is 2.28. The van der Waals surface area contributed by atoms with E-state index in [2.05, 4.69) is 20.9 Å². The van der Waals surface area contributed by atoms with Crippen molar-refractivity contribution < 1.29 is 4.74 Å². The van der Waals surface area contributed by atoms with Gasteiger partial charge in [0.05, 0.1) is 5.69 Å². The first-order chi connectivity index (χ1) is 8.08. The van der Waals surface area contributed by atoms with Gasteiger partial charge in [-0.15, -0.1) is 0 Å². The number of nitrogens with zero attached hydrogens (tertiary/aromatic N) is 1. The summed E-state index contributed by atoms with van der Waals surface area (Å²) in [7, 11) is 0. The Morgan fingerprint density at radius 1 is 1.24 bits per heavy atom. The summed E-state index contributed by atoms with van der Waals surface area (Å²) in [6.07, 6.45) is 1.72. The molecule has 0 unspecified atom stereocenters. The number of rotatable bonds is 2. The van der Waals surface area contributed by atoms with Gasteiger partial charge in [-0.25, -0.2) is 4.98 Å². The fourth-order valence-electron chi connectivity index (χ4n) is 1.49. The Hall–Kier alpha value is -1.55. The molecule has 0 bridgehead atoms. The number of hydrogen-bond acceptors (Lipinski definition) is 3. The van der Waals surface area contributed by atoms with Gasteiger partial charge in [0, 0.05) is 16.7 Å². The van der Waals surface area contributed by atoms with E-state index in [0.29, 0.717) is 17.3 Å². The van der Waals surface area contributed by atoms with E-state index in [-0.39, 0.29) is 0 Å². The van der Waals surface area contributed by atoms with Crippen molar-refractivity contribution in [3.8, 4) is 11.6 Å². The Morgan fingerprint density at radius 2 is 2.00 bits per heavy atom. The zero-order valence-corrected chi connectivity index (χ0v) is 11.3. The van der Waals surface area contributed by atoms with Gasteiger partial charge in [-0.05, 0) is 47.0 Å². The fourth-order valence-corrected chi connectivity index (χ4v) is 1.71. The second-order valence-electron chi connectivity index (χ2n) is 3.87. The first kappa shape index (κ1) is 11.9. The lowest BCUT2D eigenvalue weighted by molar-refractivity contribution is 0.461. The second-order valence-corrected chi connectivity index (χ2v) is 4.72. The van der Waals surface area contributed by atoms with Crippen molar-refractivity contribution in [3.63, 3.8) is 0 Å². The van der Waals surface area contributed by atoms with E-state index in [1.54, 1.807) is 6.20 Å². The summed E-state index contributed by atoms with van der Waals surface area (Å²) in [5.74, 6) is 1.22. The molecule has 4 heteroatoms. The van der Waals surface area contributed by atoms with Crippen LogP contribution in [0.5, 0.6) is 11.6 Å². The number of halogens is 1. The molecule has 1 heterocycles. The van der Waals surface area contributed by atoms with Crippen LogP contribution >= 0.6 is 15.9 Å².